The van der Waals surface area contributed by atoms with Gasteiger partial charge in [-0.2, -0.15) is 0 Å². The molecule has 0 bridgehead atoms. The molecule has 2 heteroatoms. The molecule has 1 aliphatic rings. The molecule has 0 saturated carbocycles. The quantitative estimate of drug-likeness (QED) is 0.682. The second kappa shape index (κ2) is 5.94. The third-order valence-electron chi connectivity index (χ3n) is 3.77. The SMILES string of the molecule is CCC[N+](C)(C1=CC[CH]C(Cl)=C1)c1ccc(C)cc1. The van der Waals surface area contributed by atoms with Crippen LogP contribution in [-0.4, -0.2) is 13.6 Å². The van der Waals surface area contributed by atoms with Gasteiger partial charge in [-0.1, -0.05) is 36.2 Å². The summed E-state index contributed by atoms with van der Waals surface area (Å²) in [5.41, 5.74) is 3.91. The Morgan fingerprint density at radius 2 is 1.89 bits per heavy atom. The second-order valence-corrected chi connectivity index (χ2v) is 5.79. The van der Waals surface area contributed by atoms with Crippen molar-refractivity contribution < 1.29 is 0 Å². The summed E-state index contributed by atoms with van der Waals surface area (Å²) >= 11 is 6.18. The van der Waals surface area contributed by atoms with Gasteiger partial charge in [-0.15, -0.1) is 0 Å². The highest BCUT2D eigenvalue weighted by Crippen LogP contribution is 2.32. The van der Waals surface area contributed by atoms with Gasteiger partial charge in [0.15, 0.2) is 0 Å². The van der Waals surface area contributed by atoms with Gasteiger partial charge in [-0.25, -0.2) is 0 Å². The molecule has 0 aromatic heterocycles. The van der Waals surface area contributed by atoms with E-state index < -0.39 is 0 Å². The van der Waals surface area contributed by atoms with Crippen molar-refractivity contribution in [3.8, 4) is 0 Å². The van der Waals surface area contributed by atoms with Gasteiger partial charge < -0.3 is 0 Å². The lowest BCUT2D eigenvalue weighted by Crippen LogP contribution is -2.44. The van der Waals surface area contributed by atoms with Crippen LogP contribution in [0.3, 0.4) is 0 Å². The monoisotopic (exact) mass is 275 g/mol. The molecule has 1 atom stereocenters. The molecule has 0 saturated heterocycles. The summed E-state index contributed by atoms with van der Waals surface area (Å²) in [6.45, 7) is 5.43. The first-order valence-electron chi connectivity index (χ1n) is 6.90. The predicted octanol–water partition coefficient (Wildman–Crippen LogP) is 4.96. The van der Waals surface area contributed by atoms with Crippen molar-refractivity contribution in [3.63, 3.8) is 0 Å². The van der Waals surface area contributed by atoms with E-state index in [-0.39, 0.29) is 0 Å². The Bertz CT molecular complexity index is 498. The number of quaternary nitrogens is 1. The maximum Gasteiger partial charge on any atom is 0.137 e. The van der Waals surface area contributed by atoms with Crippen molar-refractivity contribution in [2.24, 2.45) is 0 Å². The van der Waals surface area contributed by atoms with E-state index in [0.29, 0.717) is 0 Å². The molecule has 1 aromatic rings. The van der Waals surface area contributed by atoms with E-state index in [1.807, 2.05) is 0 Å². The molecular weight excluding hydrogens is 254 g/mol. The molecule has 1 radical (unpaired) electrons. The van der Waals surface area contributed by atoms with E-state index in [1.165, 1.54) is 16.9 Å². The minimum Gasteiger partial charge on any atom is -0.261 e. The zero-order chi connectivity index (χ0) is 13.9. The third kappa shape index (κ3) is 3.10. The first kappa shape index (κ1) is 14.4. The molecule has 1 aliphatic carbocycles. The van der Waals surface area contributed by atoms with E-state index in [2.05, 4.69) is 63.7 Å². The van der Waals surface area contributed by atoms with E-state index in [1.54, 1.807) is 0 Å². The van der Waals surface area contributed by atoms with Gasteiger partial charge in [0.1, 0.15) is 11.4 Å². The number of benzene rings is 1. The highest BCUT2D eigenvalue weighted by Gasteiger charge is 2.29. The van der Waals surface area contributed by atoms with Crippen LogP contribution in [0.2, 0.25) is 0 Å². The Morgan fingerprint density at radius 1 is 1.21 bits per heavy atom. The number of hydrogen-bond donors (Lipinski definition) is 0. The number of allylic oxidation sites excluding steroid dienone is 3. The third-order valence-corrected chi connectivity index (χ3v) is 4.03. The van der Waals surface area contributed by atoms with E-state index >= 15 is 0 Å². The van der Waals surface area contributed by atoms with Crippen LogP contribution in [0.25, 0.3) is 0 Å². The lowest BCUT2D eigenvalue weighted by atomic mass is 10.1. The van der Waals surface area contributed by atoms with Crippen molar-refractivity contribution in [3.05, 3.63) is 59.1 Å². The molecule has 0 amide bonds. The van der Waals surface area contributed by atoms with E-state index in [0.717, 1.165) is 28.9 Å². The average molecular weight is 276 g/mol. The van der Waals surface area contributed by atoms with Gasteiger partial charge in [0.2, 0.25) is 0 Å². The van der Waals surface area contributed by atoms with Crippen molar-refractivity contribution in [2.45, 2.75) is 26.7 Å². The summed E-state index contributed by atoms with van der Waals surface area (Å²) in [4.78, 5) is 0. The molecule has 1 nitrogen and oxygen atoms in total. The Balaban J connectivity index is 2.42. The van der Waals surface area contributed by atoms with E-state index in [9.17, 15) is 0 Å². The standard InChI is InChI=1S/C17H22ClN/c1-4-12-19(3,16-10-8-14(2)9-11-16)17-7-5-6-15(18)13-17/h6-11,13H,4-5,12H2,1-3H3/q+1. The zero-order valence-electron chi connectivity index (χ0n) is 12.0. The zero-order valence-corrected chi connectivity index (χ0v) is 12.7. The van der Waals surface area contributed by atoms with Gasteiger partial charge in [0.05, 0.1) is 13.6 Å². The van der Waals surface area contributed by atoms with Crippen LogP contribution in [0.15, 0.2) is 47.1 Å². The number of nitrogens with zero attached hydrogens (tertiary/aromatic N) is 1. The first-order chi connectivity index (χ1) is 9.06. The van der Waals surface area contributed by atoms with Crippen molar-refractivity contribution in [1.82, 2.24) is 4.48 Å². The molecule has 0 fully saturated rings. The molecule has 0 N–H and O–H groups in total. The van der Waals surface area contributed by atoms with Crippen molar-refractivity contribution >= 4 is 17.3 Å². The summed E-state index contributed by atoms with van der Waals surface area (Å²) in [6.07, 6.45) is 8.49. The van der Waals surface area contributed by atoms with Crippen LogP contribution >= 0.6 is 11.6 Å². The lowest BCUT2D eigenvalue weighted by molar-refractivity contribution is 0.415. The summed E-state index contributed by atoms with van der Waals surface area (Å²) in [6, 6.07) is 8.82. The topological polar surface area (TPSA) is 0 Å². The van der Waals surface area contributed by atoms with Gasteiger partial charge in [-0.3, -0.25) is 4.48 Å². The van der Waals surface area contributed by atoms with Gasteiger partial charge in [-0.05, 0) is 38.0 Å². The fraction of sp³-hybridized carbons (Fsp3) is 0.353. The smallest absolute Gasteiger partial charge is 0.137 e. The summed E-state index contributed by atoms with van der Waals surface area (Å²) in [7, 11) is 2.27. The molecule has 101 valence electrons. The Morgan fingerprint density at radius 3 is 2.47 bits per heavy atom. The molecule has 0 heterocycles. The summed E-state index contributed by atoms with van der Waals surface area (Å²) in [5, 5.41) is 0.852. The highest BCUT2D eigenvalue weighted by atomic mass is 35.5. The Kier molecular flexibility index (Phi) is 4.49. The van der Waals surface area contributed by atoms with Gasteiger partial charge in [0, 0.05) is 17.5 Å². The number of rotatable bonds is 4. The maximum absolute atomic E-state index is 6.18. The molecular formula is C17H22ClN+. The van der Waals surface area contributed by atoms with Gasteiger partial charge >= 0.3 is 0 Å². The molecule has 0 aliphatic heterocycles. The fourth-order valence-corrected chi connectivity index (χ4v) is 2.82. The second-order valence-electron chi connectivity index (χ2n) is 5.35. The summed E-state index contributed by atoms with van der Waals surface area (Å²) in [5.74, 6) is 0. The highest BCUT2D eigenvalue weighted by molar-refractivity contribution is 6.31. The number of halogens is 1. The van der Waals surface area contributed by atoms with Crippen LogP contribution < -0.4 is 4.48 Å². The molecule has 1 aromatic carbocycles. The number of hydrogen-bond acceptors (Lipinski definition) is 0. The number of aryl methyl sites for hydroxylation is 1. The first-order valence-corrected chi connectivity index (χ1v) is 7.28. The van der Waals surface area contributed by atoms with Crippen LogP contribution in [0.4, 0.5) is 5.69 Å². The molecule has 0 spiro atoms. The maximum atomic E-state index is 6.18. The van der Waals surface area contributed by atoms with Crippen LogP contribution in [-0.2, 0) is 0 Å². The minimum absolute atomic E-state index is 0.820. The average Bonchev–Trinajstić information content (AvgIpc) is 2.39. The minimum atomic E-state index is 0.820. The van der Waals surface area contributed by atoms with Crippen LogP contribution in [0.1, 0.15) is 25.3 Å². The normalized spacial score (nSPS) is 18.5. The van der Waals surface area contributed by atoms with Crippen LogP contribution in [0, 0.1) is 13.3 Å². The lowest BCUT2D eigenvalue weighted by Gasteiger charge is -2.35. The molecule has 19 heavy (non-hydrogen) atoms. The van der Waals surface area contributed by atoms with E-state index in [4.69, 9.17) is 11.6 Å². The van der Waals surface area contributed by atoms with Crippen molar-refractivity contribution in [1.29, 1.82) is 0 Å². The number of likely N-dealkylation sites (N-methyl/N-ethyl adjacent to an activating group) is 1. The Hall–Kier alpha value is -1.05. The molecule has 2 rings (SSSR count). The van der Waals surface area contributed by atoms with Gasteiger partial charge in [0.25, 0.3) is 0 Å². The molecule has 1 unspecified atom stereocenters. The largest absolute Gasteiger partial charge is 0.261 e. The fourth-order valence-electron chi connectivity index (χ4n) is 2.62. The van der Waals surface area contributed by atoms with Crippen LogP contribution in [0.5, 0.6) is 0 Å². The Labute approximate surface area is 121 Å². The summed E-state index contributed by atoms with van der Waals surface area (Å²) < 4.78 is 0.820. The predicted molar refractivity (Wildman–Crippen MR) is 85.0 cm³/mol. The van der Waals surface area contributed by atoms with Crippen molar-refractivity contribution in [2.75, 3.05) is 13.6 Å².